The molecule has 5 aromatic carbocycles. The molecular formula is C27H13F7O. The predicted octanol–water partition coefficient (Wildman–Crippen LogP) is 8.31. The summed E-state index contributed by atoms with van der Waals surface area (Å²) < 4.78 is 107. The summed E-state index contributed by atoms with van der Waals surface area (Å²) in [5.74, 6) is -10.2. The lowest BCUT2D eigenvalue weighted by molar-refractivity contribution is 0.415. The van der Waals surface area contributed by atoms with E-state index < -0.39 is 57.2 Å². The Labute approximate surface area is 194 Å². The van der Waals surface area contributed by atoms with Gasteiger partial charge in [0.1, 0.15) is 11.6 Å². The van der Waals surface area contributed by atoms with E-state index in [4.69, 9.17) is 4.74 Å². The Bertz CT molecular complexity index is 1620. The van der Waals surface area contributed by atoms with Crippen molar-refractivity contribution in [2.45, 2.75) is 0 Å². The molecule has 5 rings (SSSR count). The van der Waals surface area contributed by atoms with Crippen molar-refractivity contribution in [3.8, 4) is 28.0 Å². The number of hydrogen-bond acceptors (Lipinski definition) is 1. The molecule has 0 aliphatic rings. The van der Waals surface area contributed by atoms with Crippen LogP contribution in [0.25, 0.3) is 43.8 Å². The summed E-state index contributed by atoms with van der Waals surface area (Å²) in [6.07, 6.45) is 0. The maximum Gasteiger partial charge on any atom is 0.169 e. The zero-order valence-electron chi connectivity index (χ0n) is 17.8. The van der Waals surface area contributed by atoms with E-state index >= 15 is 4.39 Å². The summed E-state index contributed by atoms with van der Waals surface area (Å²) in [5.41, 5.74) is -1.22. The van der Waals surface area contributed by atoms with Gasteiger partial charge in [0.05, 0.1) is 12.7 Å². The SMILES string of the molecule is COc1ccc(-c2c3cc(F)c(F)cc3c(-c3c(F)c(F)cc(F)c3F)c3c(F)cccc23)cc1. The van der Waals surface area contributed by atoms with Crippen LogP contribution in [-0.4, -0.2) is 7.11 Å². The molecule has 1 nitrogen and oxygen atoms in total. The molecule has 0 bridgehead atoms. The minimum Gasteiger partial charge on any atom is -0.497 e. The Kier molecular flexibility index (Phi) is 5.39. The van der Waals surface area contributed by atoms with Gasteiger partial charge in [-0.15, -0.1) is 0 Å². The Morgan fingerprint density at radius 1 is 0.514 bits per heavy atom. The molecular weight excluding hydrogens is 473 g/mol. The molecule has 5 aromatic rings. The molecule has 0 saturated heterocycles. The van der Waals surface area contributed by atoms with E-state index in [2.05, 4.69) is 0 Å². The Morgan fingerprint density at radius 3 is 1.66 bits per heavy atom. The highest BCUT2D eigenvalue weighted by Crippen LogP contribution is 2.47. The van der Waals surface area contributed by atoms with Crippen LogP contribution in [0.3, 0.4) is 0 Å². The quantitative estimate of drug-likeness (QED) is 0.142. The third-order valence-corrected chi connectivity index (χ3v) is 5.87. The molecule has 0 radical (unpaired) electrons. The standard InChI is InChI=1S/C27H13F7O/c1-35-13-7-5-12(6-8-13)22-14-3-2-4-17(28)23(14)24(16-10-19(30)18(29)9-15(16)22)25-26(33)20(31)11-21(32)27(25)34/h2-11H,1H3. The molecule has 0 atom stereocenters. The molecule has 0 amide bonds. The average Bonchev–Trinajstić information content (AvgIpc) is 2.84. The zero-order valence-corrected chi connectivity index (χ0v) is 17.8. The van der Waals surface area contributed by atoms with Gasteiger partial charge in [0, 0.05) is 17.0 Å². The Morgan fingerprint density at radius 2 is 1.09 bits per heavy atom. The van der Waals surface area contributed by atoms with Crippen LogP contribution in [0.1, 0.15) is 0 Å². The number of hydrogen-bond donors (Lipinski definition) is 0. The largest absolute Gasteiger partial charge is 0.497 e. The van der Waals surface area contributed by atoms with Crippen LogP contribution in [-0.2, 0) is 0 Å². The van der Waals surface area contributed by atoms with Crippen LogP contribution < -0.4 is 4.74 Å². The fraction of sp³-hybridized carbons (Fsp3) is 0.0370. The van der Waals surface area contributed by atoms with Gasteiger partial charge in [-0.3, -0.25) is 0 Å². The van der Waals surface area contributed by atoms with E-state index in [1.54, 1.807) is 24.3 Å². The first-order chi connectivity index (χ1) is 16.7. The van der Waals surface area contributed by atoms with Crippen LogP contribution in [0.4, 0.5) is 30.7 Å². The molecule has 176 valence electrons. The maximum absolute atomic E-state index is 15.3. The topological polar surface area (TPSA) is 9.23 Å². The van der Waals surface area contributed by atoms with Gasteiger partial charge in [0.2, 0.25) is 0 Å². The lowest BCUT2D eigenvalue weighted by atomic mass is 9.85. The second-order valence-corrected chi connectivity index (χ2v) is 7.80. The first-order valence-electron chi connectivity index (χ1n) is 10.2. The first-order valence-corrected chi connectivity index (χ1v) is 10.2. The molecule has 0 saturated carbocycles. The predicted molar refractivity (Wildman–Crippen MR) is 119 cm³/mol. The van der Waals surface area contributed by atoms with E-state index in [1.165, 1.54) is 19.2 Å². The van der Waals surface area contributed by atoms with Crippen molar-refractivity contribution in [3.63, 3.8) is 0 Å². The van der Waals surface area contributed by atoms with Crippen molar-refractivity contribution >= 4 is 21.5 Å². The first kappa shape index (κ1) is 22.7. The van der Waals surface area contributed by atoms with Crippen molar-refractivity contribution in [2.75, 3.05) is 7.11 Å². The van der Waals surface area contributed by atoms with Gasteiger partial charge in [-0.05, 0) is 57.6 Å². The van der Waals surface area contributed by atoms with Crippen LogP contribution in [0.5, 0.6) is 5.75 Å². The lowest BCUT2D eigenvalue weighted by Crippen LogP contribution is -2.02. The van der Waals surface area contributed by atoms with Crippen LogP contribution in [0, 0.1) is 40.7 Å². The number of rotatable bonds is 3. The Hall–Kier alpha value is -4.07. The average molecular weight is 486 g/mol. The van der Waals surface area contributed by atoms with Gasteiger partial charge in [-0.2, -0.15) is 0 Å². The van der Waals surface area contributed by atoms with E-state index in [1.807, 2.05) is 0 Å². The van der Waals surface area contributed by atoms with Crippen molar-refractivity contribution in [1.29, 1.82) is 0 Å². The molecule has 0 aliphatic heterocycles. The van der Waals surface area contributed by atoms with Crippen LogP contribution in [0.2, 0.25) is 0 Å². The number of methoxy groups -OCH3 is 1. The van der Waals surface area contributed by atoms with Crippen molar-refractivity contribution in [3.05, 3.63) is 101 Å². The van der Waals surface area contributed by atoms with Crippen molar-refractivity contribution in [2.24, 2.45) is 0 Å². The van der Waals surface area contributed by atoms with E-state index in [0.29, 0.717) is 17.4 Å². The van der Waals surface area contributed by atoms with E-state index in [0.717, 1.165) is 12.1 Å². The van der Waals surface area contributed by atoms with Gasteiger partial charge in [-0.25, -0.2) is 30.7 Å². The summed E-state index contributed by atoms with van der Waals surface area (Å²) in [6, 6.07) is 11.5. The van der Waals surface area contributed by atoms with Gasteiger partial charge < -0.3 is 4.74 Å². The summed E-state index contributed by atoms with van der Waals surface area (Å²) in [6.45, 7) is 0. The summed E-state index contributed by atoms with van der Waals surface area (Å²) in [4.78, 5) is 0. The van der Waals surface area contributed by atoms with Crippen LogP contribution in [0.15, 0.2) is 60.7 Å². The maximum atomic E-state index is 15.3. The molecule has 0 fully saturated rings. The number of benzene rings is 5. The summed E-state index contributed by atoms with van der Waals surface area (Å²) in [7, 11) is 1.45. The fourth-order valence-electron chi connectivity index (χ4n) is 4.35. The zero-order chi connectivity index (χ0) is 25.0. The minimum absolute atomic E-state index is 0.0148. The molecule has 0 N–H and O–H groups in total. The highest BCUT2D eigenvalue weighted by Gasteiger charge is 2.28. The number of ether oxygens (including phenoxy) is 1. The smallest absolute Gasteiger partial charge is 0.169 e. The summed E-state index contributed by atoms with van der Waals surface area (Å²) >= 11 is 0. The molecule has 0 heterocycles. The van der Waals surface area contributed by atoms with E-state index in [-0.39, 0.29) is 27.8 Å². The second-order valence-electron chi connectivity index (χ2n) is 7.80. The molecule has 8 heteroatoms. The van der Waals surface area contributed by atoms with Gasteiger partial charge in [-0.1, -0.05) is 24.3 Å². The third-order valence-electron chi connectivity index (χ3n) is 5.87. The Balaban J connectivity index is 2.07. The van der Waals surface area contributed by atoms with Crippen molar-refractivity contribution < 1.29 is 35.5 Å². The minimum atomic E-state index is -1.79. The lowest BCUT2D eigenvalue weighted by Gasteiger charge is -2.19. The number of halogens is 7. The normalized spacial score (nSPS) is 11.4. The van der Waals surface area contributed by atoms with Crippen molar-refractivity contribution in [1.82, 2.24) is 0 Å². The molecule has 35 heavy (non-hydrogen) atoms. The van der Waals surface area contributed by atoms with Gasteiger partial charge in [0.15, 0.2) is 34.9 Å². The van der Waals surface area contributed by atoms with Crippen LogP contribution >= 0.6 is 0 Å². The molecule has 0 aromatic heterocycles. The molecule has 0 aliphatic carbocycles. The third kappa shape index (κ3) is 3.48. The van der Waals surface area contributed by atoms with Gasteiger partial charge in [0.25, 0.3) is 0 Å². The van der Waals surface area contributed by atoms with E-state index in [9.17, 15) is 26.3 Å². The van der Waals surface area contributed by atoms with Gasteiger partial charge >= 0.3 is 0 Å². The molecule has 0 unspecified atom stereocenters. The highest BCUT2D eigenvalue weighted by atomic mass is 19.2. The fourth-order valence-corrected chi connectivity index (χ4v) is 4.35. The second kappa shape index (κ2) is 8.30. The number of fused-ring (bicyclic) bond motifs is 2. The summed E-state index contributed by atoms with van der Waals surface area (Å²) in [5, 5.41) is -0.743. The highest BCUT2D eigenvalue weighted by molar-refractivity contribution is 6.21. The monoisotopic (exact) mass is 486 g/mol. The molecule has 0 spiro atoms.